The van der Waals surface area contributed by atoms with Crippen molar-refractivity contribution in [1.29, 1.82) is 0 Å². The summed E-state index contributed by atoms with van der Waals surface area (Å²) < 4.78 is 8.02. The van der Waals surface area contributed by atoms with E-state index >= 15 is 0 Å². The van der Waals surface area contributed by atoms with Gasteiger partial charge in [-0.05, 0) is 52.3 Å². The average molecular weight is 1020 g/mol. The van der Waals surface area contributed by atoms with Crippen LogP contribution < -0.4 is 4.40 Å². The largest absolute Gasteiger partial charge is 0.501 e. The van der Waals surface area contributed by atoms with Crippen LogP contribution in [0.25, 0.3) is 55.6 Å². The number of rotatable bonds is 9. The van der Waals surface area contributed by atoms with Crippen molar-refractivity contribution in [2.45, 2.75) is 116 Å². The maximum atomic E-state index is 6.48. The van der Waals surface area contributed by atoms with E-state index in [0.717, 1.165) is 68.8 Å². The van der Waals surface area contributed by atoms with Crippen molar-refractivity contribution in [3.63, 3.8) is 0 Å². The zero-order valence-corrected chi connectivity index (χ0v) is 41.4. The molecule has 8 rings (SSSR count). The van der Waals surface area contributed by atoms with Crippen LogP contribution in [0.4, 0.5) is 0 Å². The summed E-state index contributed by atoms with van der Waals surface area (Å²) in [7, 11) is 0. The van der Waals surface area contributed by atoms with Crippen LogP contribution in [-0.4, -0.2) is 23.2 Å². The number of hydrogen-bond donors (Lipinski definition) is 0. The van der Waals surface area contributed by atoms with Crippen molar-refractivity contribution in [2.24, 2.45) is 11.8 Å². The Morgan fingerprint density at radius 3 is 2.12 bits per heavy atom. The summed E-state index contributed by atoms with van der Waals surface area (Å²) in [6.07, 6.45) is 12.0. The van der Waals surface area contributed by atoms with Gasteiger partial charge in [0.15, 0.2) is 0 Å². The van der Waals surface area contributed by atoms with Gasteiger partial charge in [0.2, 0.25) is 0 Å². The Bertz CT molecular complexity index is 2500. The minimum atomic E-state index is -1.91. The van der Waals surface area contributed by atoms with E-state index in [2.05, 4.69) is 163 Å². The Morgan fingerprint density at radius 1 is 0.746 bits per heavy atom. The number of benzene rings is 4. The van der Waals surface area contributed by atoms with Gasteiger partial charge in [0, 0.05) is 31.7 Å². The molecule has 309 valence electrons. The van der Waals surface area contributed by atoms with Crippen LogP contribution in [-0.2, 0) is 38.4 Å². The SMILES string of the molecule is CC(C)Cc1cc(-c2[c-]ccc(C(C)(C)C)c2)nc[c]1[Ge]([CH3])([CH3])[CH3].CC(C)c1cnc(-c2[c-]ccc3c2oc2cc(-c4ccccc4)ccc23)cc1CC1CCCC1.[Ir]. The summed E-state index contributed by atoms with van der Waals surface area (Å²) in [5.74, 6) is 9.29. The maximum absolute atomic E-state index is 6.48. The van der Waals surface area contributed by atoms with E-state index < -0.39 is 13.3 Å². The number of fused-ring (bicyclic) bond motifs is 3. The molecular weight excluding hydrogens is 957 g/mol. The monoisotopic (exact) mass is 1020 g/mol. The summed E-state index contributed by atoms with van der Waals surface area (Å²) in [6.45, 7) is 15.9. The maximum Gasteiger partial charge on any atom is 0.121 e. The average Bonchev–Trinajstić information content (AvgIpc) is 3.85. The smallest absolute Gasteiger partial charge is 0.121 e. The van der Waals surface area contributed by atoms with Crippen molar-refractivity contribution in [1.82, 2.24) is 9.97 Å². The molecule has 0 saturated heterocycles. The number of aromatic nitrogens is 2. The van der Waals surface area contributed by atoms with Gasteiger partial charge in [0.25, 0.3) is 0 Å². The molecule has 7 aromatic rings. The number of nitrogens with zero attached hydrogens (tertiary/aromatic N) is 2. The first-order valence-corrected chi connectivity index (χ1v) is 28.9. The minimum absolute atomic E-state index is 0. The van der Waals surface area contributed by atoms with Crippen LogP contribution >= 0.6 is 0 Å². The fourth-order valence-corrected chi connectivity index (χ4v) is 12.0. The van der Waals surface area contributed by atoms with E-state index in [1.165, 1.54) is 53.5 Å². The van der Waals surface area contributed by atoms with Gasteiger partial charge in [-0.2, -0.15) is 0 Å². The number of hydrogen-bond acceptors (Lipinski definition) is 3. The van der Waals surface area contributed by atoms with E-state index in [0.29, 0.717) is 11.8 Å². The van der Waals surface area contributed by atoms with Crippen molar-refractivity contribution in [2.75, 3.05) is 0 Å². The first-order chi connectivity index (χ1) is 27.7. The van der Waals surface area contributed by atoms with Gasteiger partial charge in [-0.15, -0.1) is 18.2 Å². The third-order valence-electron chi connectivity index (χ3n) is 11.8. The summed E-state index contributed by atoms with van der Waals surface area (Å²) >= 11 is -1.91. The van der Waals surface area contributed by atoms with Gasteiger partial charge >= 0.3 is 151 Å². The summed E-state index contributed by atoms with van der Waals surface area (Å²) in [5.41, 5.74) is 14.0. The quantitative estimate of drug-likeness (QED) is 0.107. The second kappa shape index (κ2) is 18.8. The van der Waals surface area contributed by atoms with Gasteiger partial charge in [-0.3, -0.25) is 0 Å². The van der Waals surface area contributed by atoms with Crippen LogP contribution in [0.15, 0.2) is 108 Å². The zero-order chi connectivity index (χ0) is 41.2. The third-order valence-corrected chi connectivity index (χ3v) is 16.1. The molecule has 4 aromatic carbocycles. The fraction of sp³-hybridized carbons (Fsp3) is 0.370. The van der Waals surface area contributed by atoms with E-state index in [1.54, 1.807) is 4.40 Å². The molecule has 3 aromatic heterocycles. The zero-order valence-electron chi connectivity index (χ0n) is 36.9. The van der Waals surface area contributed by atoms with Gasteiger partial charge in [0.05, 0.1) is 5.58 Å². The molecule has 3 nitrogen and oxygen atoms in total. The molecule has 1 saturated carbocycles. The van der Waals surface area contributed by atoms with Crippen LogP contribution in [0.3, 0.4) is 0 Å². The number of pyridine rings is 2. The Morgan fingerprint density at radius 2 is 1.44 bits per heavy atom. The first kappa shape index (κ1) is 44.7. The topological polar surface area (TPSA) is 38.9 Å². The van der Waals surface area contributed by atoms with Crippen LogP contribution in [0, 0.1) is 24.0 Å². The molecule has 59 heavy (non-hydrogen) atoms. The predicted octanol–water partition coefficient (Wildman–Crippen LogP) is 14.6. The molecule has 0 N–H and O–H groups in total. The summed E-state index contributed by atoms with van der Waals surface area (Å²) in [5, 5.41) is 2.25. The van der Waals surface area contributed by atoms with Gasteiger partial charge in [0.1, 0.15) is 5.58 Å². The Balaban J connectivity index is 0.000000208. The second-order valence-corrected chi connectivity index (χ2v) is 29.9. The third kappa shape index (κ3) is 10.6. The van der Waals surface area contributed by atoms with Gasteiger partial charge < -0.3 is 9.40 Å². The normalized spacial score (nSPS) is 13.6. The molecular formula is C54H62GeIrN2O-2. The molecule has 0 unspecified atom stereocenters. The van der Waals surface area contributed by atoms with E-state index in [4.69, 9.17) is 14.4 Å². The minimum Gasteiger partial charge on any atom is -0.501 e. The molecule has 5 heteroatoms. The predicted molar refractivity (Wildman–Crippen MR) is 250 cm³/mol. The van der Waals surface area contributed by atoms with Crippen LogP contribution in [0.2, 0.25) is 17.3 Å². The van der Waals surface area contributed by atoms with Crippen molar-refractivity contribution in [3.8, 4) is 33.6 Å². The van der Waals surface area contributed by atoms with E-state index in [1.807, 2.05) is 18.2 Å². The molecule has 1 aliphatic carbocycles. The Kier molecular flexibility index (Phi) is 14.3. The molecule has 3 heterocycles. The molecule has 1 fully saturated rings. The van der Waals surface area contributed by atoms with E-state index in [-0.39, 0.29) is 25.5 Å². The van der Waals surface area contributed by atoms with Crippen molar-refractivity contribution >= 4 is 39.6 Å². The van der Waals surface area contributed by atoms with Crippen LogP contribution in [0.5, 0.6) is 0 Å². The second-order valence-electron chi connectivity index (χ2n) is 19.4. The number of furan rings is 1. The molecule has 0 bridgehead atoms. The Hall–Kier alpha value is -3.83. The Labute approximate surface area is 370 Å². The summed E-state index contributed by atoms with van der Waals surface area (Å²) in [6, 6.07) is 39.0. The van der Waals surface area contributed by atoms with Crippen molar-refractivity contribution in [3.05, 3.63) is 138 Å². The van der Waals surface area contributed by atoms with E-state index in [9.17, 15) is 0 Å². The standard InChI is InChI=1S/C32H30NO.C22H32GeN.Ir/c1-21(2)29-20-33-30(18-25(29)17-22-9-6-7-10-22)28-14-8-13-27-26-16-15-24(19-31(26)34-32(27)28)23-11-4-3-5-12-23;1-16(2)12-18-14-21(24-15-20(18)23(6,7)8)17-10-9-11-19(13-17)22(3,4)5;/h3-5,8,11-13,15-16,18-22H,6-7,9-10,17H2,1-2H3;9,11,13-16H,12H2,1-8H3;/q2*-1;. The van der Waals surface area contributed by atoms with Crippen molar-refractivity contribution < 1.29 is 24.5 Å². The summed E-state index contributed by atoms with van der Waals surface area (Å²) in [4.78, 5) is 9.72. The molecule has 0 atom stereocenters. The molecule has 1 radical (unpaired) electrons. The van der Waals surface area contributed by atoms with Gasteiger partial charge in [-0.1, -0.05) is 99.0 Å². The molecule has 0 aliphatic heterocycles. The first-order valence-electron chi connectivity index (χ1n) is 21.6. The molecule has 0 amide bonds. The van der Waals surface area contributed by atoms with Crippen LogP contribution in [0.1, 0.15) is 102 Å². The molecule has 1 aliphatic rings. The molecule has 0 spiro atoms. The fourth-order valence-electron chi connectivity index (χ4n) is 8.62. The van der Waals surface area contributed by atoms with Gasteiger partial charge in [-0.25, -0.2) is 0 Å².